The van der Waals surface area contributed by atoms with E-state index in [2.05, 4.69) is 28.2 Å². The molecule has 0 radical (unpaired) electrons. The SMILES string of the molecule is Cc1ccnc(NCCN2CCCCCC2)c1. The molecule has 0 unspecified atom stereocenters. The molecule has 0 atom stereocenters. The van der Waals surface area contributed by atoms with Crippen molar-refractivity contribution in [3.8, 4) is 0 Å². The quantitative estimate of drug-likeness (QED) is 0.866. The van der Waals surface area contributed by atoms with Crippen LogP contribution < -0.4 is 5.32 Å². The van der Waals surface area contributed by atoms with Crippen LogP contribution >= 0.6 is 0 Å². The van der Waals surface area contributed by atoms with Crippen molar-refractivity contribution in [3.63, 3.8) is 0 Å². The van der Waals surface area contributed by atoms with Crippen LogP contribution in [0.3, 0.4) is 0 Å². The zero-order valence-electron chi connectivity index (χ0n) is 10.8. The molecule has 0 amide bonds. The van der Waals surface area contributed by atoms with Gasteiger partial charge in [-0.2, -0.15) is 0 Å². The number of pyridine rings is 1. The van der Waals surface area contributed by atoms with Crippen LogP contribution in [-0.2, 0) is 0 Å². The Kier molecular flexibility index (Phi) is 4.80. The number of nitrogens with zero attached hydrogens (tertiary/aromatic N) is 2. The summed E-state index contributed by atoms with van der Waals surface area (Å²) in [6, 6.07) is 4.13. The largest absolute Gasteiger partial charge is 0.369 e. The lowest BCUT2D eigenvalue weighted by molar-refractivity contribution is 0.296. The van der Waals surface area contributed by atoms with E-state index in [-0.39, 0.29) is 0 Å². The Balaban J connectivity index is 1.71. The molecular formula is C14H23N3. The van der Waals surface area contributed by atoms with Gasteiger partial charge in [0.1, 0.15) is 5.82 Å². The lowest BCUT2D eigenvalue weighted by Gasteiger charge is -2.19. The fourth-order valence-electron chi connectivity index (χ4n) is 2.33. The van der Waals surface area contributed by atoms with Crippen LogP contribution in [0, 0.1) is 6.92 Å². The third-order valence-corrected chi connectivity index (χ3v) is 3.35. The molecule has 0 aliphatic carbocycles. The number of hydrogen-bond acceptors (Lipinski definition) is 3. The average molecular weight is 233 g/mol. The molecule has 0 bridgehead atoms. The van der Waals surface area contributed by atoms with E-state index < -0.39 is 0 Å². The molecule has 3 nitrogen and oxygen atoms in total. The maximum atomic E-state index is 4.31. The molecule has 94 valence electrons. The first-order valence-electron chi connectivity index (χ1n) is 6.73. The molecule has 3 heteroatoms. The van der Waals surface area contributed by atoms with Crippen molar-refractivity contribution in [1.29, 1.82) is 0 Å². The standard InChI is InChI=1S/C14H23N3/c1-13-6-7-15-14(12-13)16-8-11-17-9-4-2-3-5-10-17/h6-7,12H,2-5,8-11H2,1H3,(H,15,16). The molecule has 0 saturated carbocycles. The Bertz CT molecular complexity index is 330. The molecule has 1 saturated heterocycles. The van der Waals surface area contributed by atoms with E-state index in [1.54, 1.807) is 0 Å². The van der Waals surface area contributed by atoms with Gasteiger partial charge in [-0.15, -0.1) is 0 Å². The summed E-state index contributed by atoms with van der Waals surface area (Å²) in [7, 11) is 0. The van der Waals surface area contributed by atoms with Crippen molar-refractivity contribution < 1.29 is 0 Å². The molecule has 1 aliphatic heterocycles. The van der Waals surface area contributed by atoms with Gasteiger partial charge in [0.05, 0.1) is 0 Å². The predicted octanol–water partition coefficient (Wildman–Crippen LogP) is 2.68. The van der Waals surface area contributed by atoms with Gasteiger partial charge in [-0.3, -0.25) is 0 Å². The summed E-state index contributed by atoms with van der Waals surface area (Å²) >= 11 is 0. The molecule has 0 aromatic carbocycles. The Morgan fingerprint density at radius 2 is 2.00 bits per heavy atom. The second kappa shape index (κ2) is 6.60. The molecule has 1 aromatic rings. The van der Waals surface area contributed by atoms with E-state index in [0.29, 0.717) is 0 Å². The van der Waals surface area contributed by atoms with Gasteiger partial charge in [0.2, 0.25) is 0 Å². The first-order valence-corrected chi connectivity index (χ1v) is 6.73. The van der Waals surface area contributed by atoms with E-state index in [4.69, 9.17) is 0 Å². The zero-order valence-corrected chi connectivity index (χ0v) is 10.8. The van der Waals surface area contributed by atoms with Crippen LogP contribution in [0.4, 0.5) is 5.82 Å². The van der Waals surface area contributed by atoms with Crippen molar-refractivity contribution in [2.24, 2.45) is 0 Å². The van der Waals surface area contributed by atoms with Gasteiger partial charge < -0.3 is 10.2 Å². The third-order valence-electron chi connectivity index (χ3n) is 3.35. The Morgan fingerprint density at radius 1 is 1.24 bits per heavy atom. The van der Waals surface area contributed by atoms with E-state index >= 15 is 0 Å². The normalized spacial score (nSPS) is 17.7. The molecule has 1 fully saturated rings. The first-order chi connectivity index (χ1) is 8.34. The Hall–Kier alpha value is -1.09. The molecule has 1 aromatic heterocycles. The highest BCUT2D eigenvalue weighted by molar-refractivity contribution is 5.36. The smallest absolute Gasteiger partial charge is 0.126 e. The highest BCUT2D eigenvalue weighted by Crippen LogP contribution is 2.09. The molecule has 1 N–H and O–H groups in total. The van der Waals surface area contributed by atoms with Gasteiger partial charge in [0.25, 0.3) is 0 Å². The Morgan fingerprint density at radius 3 is 2.71 bits per heavy atom. The average Bonchev–Trinajstić information content (AvgIpc) is 2.58. The van der Waals surface area contributed by atoms with Gasteiger partial charge in [0, 0.05) is 19.3 Å². The van der Waals surface area contributed by atoms with Gasteiger partial charge in [-0.1, -0.05) is 12.8 Å². The summed E-state index contributed by atoms with van der Waals surface area (Å²) in [6.45, 7) is 6.76. The van der Waals surface area contributed by atoms with Gasteiger partial charge in [0.15, 0.2) is 0 Å². The van der Waals surface area contributed by atoms with Crippen molar-refractivity contribution in [2.45, 2.75) is 32.6 Å². The van der Waals surface area contributed by atoms with E-state index in [1.807, 2.05) is 12.3 Å². The van der Waals surface area contributed by atoms with Crippen LogP contribution in [0.5, 0.6) is 0 Å². The van der Waals surface area contributed by atoms with Crippen LogP contribution in [-0.4, -0.2) is 36.1 Å². The molecule has 1 aliphatic rings. The first kappa shape index (κ1) is 12.4. The summed E-state index contributed by atoms with van der Waals surface area (Å²) in [4.78, 5) is 6.88. The van der Waals surface area contributed by atoms with Crippen LogP contribution in [0.1, 0.15) is 31.2 Å². The van der Waals surface area contributed by atoms with Gasteiger partial charge >= 0.3 is 0 Å². The van der Waals surface area contributed by atoms with Gasteiger partial charge in [-0.05, 0) is 50.6 Å². The van der Waals surface area contributed by atoms with Crippen LogP contribution in [0.25, 0.3) is 0 Å². The minimum Gasteiger partial charge on any atom is -0.369 e. The van der Waals surface area contributed by atoms with Crippen LogP contribution in [0.15, 0.2) is 18.3 Å². The number of anilines is 1. The van der Waals surface area contributed by atoms with Gasteiger partial charge in [-0.25, -0.2) is 4.98 Å². The van der Waals surface area contributed by atoms with E-state index in [0.717, 1.165) is 18.9 Å². The zero-order chi connectivity index (χ0) is 11.9. The lowest BCUT2D eigenvalue weighted by Crippen LogP contribution is -2.30. The van der Waals surface area contributed by atoms with E-state index in [9.17, 15) is 0 Å². The Labute approximate surface area is 104 Å². The molecular weight excluding hydrogens is 210 g/mol. The summed E-state index contributed by atoms with van der Waals surface area (Å²) in [5, 5.41) is 3.40. The van der Waals surface area contributed by atoms with Crippen molar-refractivity contribution in [1.82, 2.24) is 9.88 Å². The number of nitrogens with one attached hydrogen (secondary N) is 1. The van der Waals surface area contributed by atoms with Crippen molar-refractivity contribution in [2.75, 3.05) is 31.5 Å². The molecule has 2 rings (SSSR count). The van der Waals surface area contributed by atoms with E-state index in [1.165, 1.54) is 44.3 Å². The lowest BCUT2D eigenvalue weighted by atomic mass is 10.2. The topological polar surface area (TPSA) is 28.2 Å². The predicted molar refractivity (Wildman–Crippen MR) is 72.4 cm³/mol. The number of aromatic nitrogens is 1. The number of likely N-dealkylation sites (tertiary alicyclic amines) is 1. The minimum atomic E-state index is 0.996. The van der Waals surface area contributed by atoms with Crippen molar-refractivity contribution >= 4 is 5.82 Å². The molecule has 2 heterocycles. The van der Waals surface area contributed by atoms with Crippen LogP contribution in [0.2, 0.25) is 0 Å². The highest BCUT2D eigenvalue weighted by atomic mass is 15.1. The fourth-order valence-corrected chi connectivity index (χ4v) is 2.33. The highest BCUT2D eigenvalue weighted by Gasteiger charge is 2.07. The molecule has 0 spiro atoms. The fraction of sp³-hybridized carbons (Fsp3) is 0.643. The van der Waals surface area contributed by atoms with Crippen molar-refractivity contribution in [3.05, 3.63) is 23.9 Å². The number of hydrogen-bond donors (Lipinski definition) is 1. The monoisotopic (exact) mass is 233 g/mol. The maximum absolute atomic E-state index is 4.31. The minimum absolute atomic E-state index is 0.996. The summed E-state index contributed by atoms with van der Waals surface area (Å²) < 4.78 is 0. The summed E-state index contributed by atoms with van der Waals surface area (Å²) in [6.07, 6.45) is 7.40. The maximum Gasteiger partial charge on any atom is 0.126 e. The molecule has 17 heavy (non-hydrogen) atoms. The summed E-state index contributed by atoms with van der Waals surface area (Å²) in [5.74, 6) is 1.000. The number of rotatable bonds is 4. The summed E-state index contributed by atoms with van der Waals surface area (Å²) in [5.41, 5.74) is 1.26. The number of aryl methyl sites for hydroxylation is 1. The second-order valence-corrected chi connectivity index (χ2v) is 4.90. The second-order valence-electron chi connectivity index (χ2n) is 4.90. The third kappa shape index (κ3) is 4.35.